The van der Waals surface area contributed by atoms with Gasteiger partial charge in [-0.3, -0.25) is 4.79 Å². The first-order valence-corrected chi connectivity index (χ1v) is 12.0. The molecular weight excluding hydrogens is 368 g/mol. The average molecular weight is 407 g/mol. The molecule has 26 heavy (non-hydrogen) atoms. The van der Waals surface area contributed by atoms with Gasteiger partial charge in [-0.1, -0.05) is 20.8 Å². The smallest absolute Gasteiger partial charge is 0.311 e. The summed E-state index contributed by atoms with van der Waals surface area (Å²) >= 11 is 4.12. The van der Waals surface area contributed by atoms with Crippen molar-refractivity contribution in [2.75, 3.05) is 18.6 Å². The van der Waals surface area contributed by atoms with E-state index in [0.717, 1.165) is 32.1 Å². The zero-order chi connectivity index (χ0) is 19.7. The largest absolute Gasteiger partial charge is 0.469 e. The summed E-state index contributed by atoms with van der Waals surface area (Å²) in [6, 6.07) is 0. The van der Waals surface area contributed by atoms with Gasteiger partial charge in [-0.25, -0.2) is 0 Å². The number of ether oxygens (including phenoxy) is 1. The van der Waals surface area contributed by atoms with Gasteiger partial charge >= 0.3 is 5.97 Å². The van der Waals surface area contributed by atoms with Crippen molar-refractivity contribution in [1.82, 2.24) is 0 Å². The molecule has 0 radical (unpaired) electrons. The highest BCUT2D eigenvalue weighted by Crippen LogP contribution is 2.52. The van der Waals surface area contributed by atoms with Crippen LogP contribution in [0, 0.1) is 17.8 Å². The lowest BCUT2D eigenvalue weighted by Gasteiger charge is -2.43. The van der Waals surface area contributed by atoms with Crippen LogP contribution in [0.5, 0.6) is 0 Å². The van der Waals surface area contributed by atoms with E-state index in [-0.39, 0.29) is 22.1 Å². The van der Waals surface area contributed by atoms with Crippen LogP contribution in [0.3, 0.4) is 0 Å². The van der Waals surface area contributed by atoms with Crippen LogP contribution in [0.15, 0.2) is 0 Å². The van der Waals surface area contributed by atoms with E-state index in [1.54, 1.807) is 6.92 Å². The Kier molecular flexibility index (Phi) is 11.0. The van der Waals surface area contributed by atoms with Gasteiger partial charge < -0.3 is 14.9 Å². The van der Waals surface area contributed by atoms with E-state index in [9.17, 15) is 15.0 Å². The molecule has 1 rings (SSSR count). The number of aliphatic hydroxyl groups excluding tert-OH is 2. The van der Waals surface area contributed by atoms with E-state index >= 15 is 0 Å². The Balaban J connectivity index is 2.69. The van der Waals surface area contributed by atoms with Crippen molar-refractivity contribution >= 4 is 29.5 Å². The molecule has 4 nitrogen and oxygen atoms in total. The fourth-order valence-corrected chi connectivity index (χ4v) is 7.37. The number of thioether (sulfide) groups is 2. The summed E-state index contributed by atoms with van der Waals surface area (Å²) in [5.41, 5.74) is 0. The highest BCUT2D eigenvalue weighted by molar-refractivity contribution is 8.18. The quantitative estimate of drug-likeness (QED) is 0.498. The molecule has 0 saturated carbocycles. The van der Waals surface area contributed by atoms with Crippen molar-refractivity contribution < 1.29 is 19.7 Å². The summed E-state index contributed by atoms with van der Waals surface area (Å²) in [4.78, 5) is 11.7. The number of methoxy groups -OCH3 is 1. The molecule has 0 amide bonds. The van der Waals surface area contributed by atoms with E-state index in [1.807, 2.05) is 13.8 Å². The van der Waals surface area contributed by atoms with Gasteiger partial charge in [0.1, 0.15) is 0 Å². The molecule has 0 aromatic rings. The van der Waals surface area contributed by atoms with Gasteiger partial charge in [0, 0.05) is 0 Å². The standard InChI is InChI=1S/C20H38O4S2/c1-6-17(21)9-7-10-20(25-11-8-12-26-20)15(3)13-14(2)18(22)16(4)19(23)24-5/h14-18,21-22H,6-13H2,1-5H3/t14-,15-,16+,17-,18-/m0/s1. The Morgan fingerprint density at radius 2 is 1.81 bits per heavy atom. The number of carbonyl (C=O) groups is 1. The maximum absolute atomic E-state index is 11.7. The third-order valence-electron chi connectivity index (χ3n) is 5.66. The molecule has 0 unspecified atom stereocenters. The van der Waals surface area contributed by atoms with Crippen LogP contribution in [-0.2, 0) is 9.53 Å². The minimum Gasteiger partial charge on any atom is -0.469 e. The summed E-state index contributed by atoms with van der Waals surface area (Å²) in [5, 5.41) is 20.4. The molecule has 1 aliphatic rings. The highest BCUT2D eigenvalue weighted by Gasteiger charge is 2.40. The van der Waals surface area contributed by atoms with Crippen molar-refractivity contribution in [1.29, 1.82) is 0 Å². The summed E-state index contributed by atoms with van der Waals surface area (Å²) in [6.45, 7) is 8.09. The van der Waals surface area contributed by atoms with Crippen LogP contribution in [0.2, 0.25) is 0 Å². The van der Waals surface area contributed by atoms with E-state index in [0.29, 0.717) is 5.92 Å². The van der Waals surface area contributed by atoms with Crippen LogP contribution in [-0.4, -0.2) is 51.1 Å². The number of rotatable bonds is 11. The Morgan fingerprint density at radius 1 is 1.19 bits per heavy atom. The molecule has 0 aromatic carbocycles. The van der Waals surface area contributed by atoms with E-state index in [4.69, 9.17) is 4.74 Å². The Labute approximate surface area is 168 Å². The van der Waals surface area contributed by atoms with Crippen LogP contribution in [0.25, 0.3) is 0 Å². The van der Waals surface area contributed by atoms with Gasteiger partial charge in [-0.05, 0) is 68.8 Å². The van der Waals surface area contributed by atoms with Crippen molar-refractivity contribution in [3.8, 4) is 0 Å². The van der Waals surface area contributed by atoms with Gasteiger partial charge in [0.25, 0.3) is 0 Å². The molecule has 0 aromatic heterocycles. The van der Waals surface area contributed by atoms with Crippen molar-refractivity contribution in [2.24, 2.45) is 17.8 Å². The summed E-state index contributed by atoms with van der Waals surface area (Å²) in [7, 11) is 1.37. The van der Waals surface area contributed by atoms with Gasteiger partial charge in [0.05, 0.1) is 29.3 Å². The zero-order valence-electron chi connectivity index (χ0n) is 17.1. The first-order chi connectivity index (χ1) is 12.3. The van der Waals surface area contributed by atoms with Gasteiger partial charge in [0.15, 0.2) is 0 Å². The van der Waals surface area contributed by atoms with Crippen LogP contribution in [0.4, 0.5) is 0 Å². The monoisotopic (exact) mass is 406 g/mol. The lowest BCUT2D eigenvalue weighted by Crippen LogP contribution is -2.38. The lowest BCUT2D eigenvalue weighted by molar-refractivity contribution is -0.150. The molecule has 1 heterocycles. The fraction of sp³-hybridized carbons (Fsp3) is 0.950. The summed E-state index contributed by atoms with van der Waals surface area (Å²) in [5.74, 6) is 2.00. The predicted octanol–water partition coefficient (Wildman–Crippen LogP) is 4.33. The predicted molar refractivity (Wildman–Crippen MR) is 113 cm³/mol. The van der Waals surface area contributed by atoms with Crippen molar-refractivity contribution in [2.45, 2.75) is 82.5 Å². The number of hydrogen-bond acceptors (Lipinski definition) is 6. The van der Waals surface area contributed by atoms with E-state index in [1.165, 1.54) is 25.0 Å². The average Bonchev–Trinajstić information content (AvgIpc) is 2.66. The summed E-state index contributed by atoms with van der Waals surface area (Å²) < 4.78 is 4.94. The molecule has 0 bridgehead atoms. The maximum atomic E-state index is 11.7. The summed E-state index contributed by atoms with van der Waals surface area (Å²) in [6.07, 6.45) is 5.08. The third kappa shape index (κ3) is 6.92. The first kappa shape index (κ1) is 24.1. The molecule has 1 aliphatic heterocycles. The van der Waals surface area contributed by atoms with E-state index < -0.39 is 12.0 Å². The SMILES string of the molecule is CC[C@H](O)CCCC1([C@@H](C)C[C@H](C)[C@H](O)[C@@H](C)C(=O)OC)SCCCS1. The van der Waals surface area contributed by atoms with Gasteiger partial charge in [0.2, 0.25) is 0 Å². The van der Waals surface area contributed by atoms with E-state index in [2.05, 4.69) is 30.4 Å². The second kappa shape index (κ2) is 11.8. The Bertz CT molecular complexity index is 413. The molecule has 0 spiro atoms. The van der Waals surface area contributed by atoms with Crippen molar-refractivity contribution in [3.63, 3.8) is 0 Å². The Hall–Kier alpha value is 0.0900. The number of hydrogen-bond donors (Lipinski definition) is 2. The third-order valence-corrected chi connectivity index (χ3v) is 9.54. The molecule has 1 saturated heterocycles. The van der Waals surface area contributed by atoms with Crippen LogP contribution in [0.1, 0.15) is 66.2 Å². The van der Waals surface area contributed by atoms with Gasteiger partial charge in [-0.2, -0.15) is 0 Å². The zero-order valence-corrected chi connectivity index (χ0v) is 18.7. The minimum absolute atomic E-state index is 0.0420. The first-order valence-electron chi connectivity index (χ1n) is 9.99. The molecule has 6 heteroatoms. The maximum Gasteiger partial charge on any atom is 0.311 e. The van der Waals surface area contributed by atoms with Gasteiger partial charge in [-0.15, -0.1) is 23.5 Å². The second-order valence-corrected chi connectivity index (χ2v) is 10.8. The highest BCUT2D eigenvalue weighted by atomic mass is 32.2. The second-order valence-electron chi connectivity index (χ2n) is 7.73. The molecule has 154 valence electrons. The number of aliphatic hydroxyl groups is 2. The van der Waals surface area contributed by atoms with Crippen molar-refractivity contribution in [3.05, 3.63) is 0 Å². The molecule has 2 N–H and O–H groups in total. The molecule has 0 aliphatic carbocycles. The molecule has 1 fully saturated rings. The normalized spacial score (nSPS) is 22.9. The number of carbonyl (C=O) groups excluding carboxylic acids is 1. The number of esters is 1. The molecular formula is C20H38O4S2. The van der Waals surface area contributed by atoms with Crippen LogP contribution >= 0.6 is 23.5 Å². The minimum atomic E-state index is -0.678. The lowest BCUT2D eigenvalue weighted by atomic mass is 9.84. The Morgan fingerprint density at radius 3 is 2.35 bits per heavy atom. The molecule has 5 atom stereocenters. The fourth-order valence-electron chi connectivity index (χ4n) is 3.75. The topological polar surface area (TPSA) is 66.8 Å². The van der Waals surface area contributed by atoms with Crippen LogP contribution < -0.4 is 0 Å².